The standard InChI is InChI=1S/C22H30N2O4/c1-16(22(25)23-15-18-6-9-19(26-3)10-7-18)24(2)13-12-17-8-11-20(27-4)21(14-17)28-5/h6-11,14,16H,12-13,15H2,1-5H3,(H,23,25)/p+1/t16-/m1/s1. The zero-order valence-corrected chi connectivity index (χ0v) is 17.4. The summed E-state index contributed by atoms with van der Waals surface area (Å²) in [5, 5.41) is 3.01. The molecular formula is C22H31N2O4+. The molecule has 0 bridgehead atoms. The molecule has 0 saturated carbocycles. The number of rotatable bonds is 10. The second-order valence-corrected chi connectivity index (χ2v) is 6.82. The second-order valence-electron chi connectivity index (χ2n) is 6.82. The van der Waals surface area contributed by atoms with Crippen LogP contribution in [-0.4, -0.2) is 46.9 Å². The van der Waals surface area contributed by atoms with Crippen molar-refractivity contribution in [3.05, 3.63) is 53.6 Å². The van der Waals surface area contributed by atoms with Gasteiger partial charge in [-0.15, -0.1) is 0 Å². The van der Waals surface area contributed by atoms with Crippen molar-refractivity contribution in [1.82, 2.24) is 5.32 Å². The van der Waals surface area contributed by atoms with Crippen LogP contribution in [0.2, 0.25) is 0 Å². The van der Waals surface area contributed by atoms with Crippen LogP contribution in [0.3, 0.4) is 0 Å². The van der Waals surface area contributed by atoms with E-state index in [-0.39, 0.29) is 11.9 Å². The van der Waals surface area contributed by atoms with E-state index in [1.807, 2.05) is 56.4 Å². The van der Waals surface area contributed by atoms with Crippen molar-refractivity contribution in [3.63, 3.8) is 0 Å². The molecular weight excluding hydrogens is 356 g/mol. The summed E-state index contributed by atoms with van der Waals surface area (Å²) in [6.07, 6.45) is 0.849. The van der Waals surface area contributed by atoms with E-state index >= 15 is 0 Å². The third-order valence-corrected chi connectivity index (χ3v) is 5.01. The molecule has 2 rings (SSSR count). The van der Waals surface area contributed by atoms with Crippen LogP contribution in [0.25, 0.3) is 0 Å². The molecule has 0 fully saturated rings. The van der Waals surface area contributed by atoms with Gasteiger partial charge in [-0.25, -0.2) is 0 Å². The minimum Gasteiger partial charge on any atom is -0.497 e. The summed E-state index contributed by atoms with van der Waals surface area (Å²) < 4.78 is 15.8. The quantitative estimate of drug-likeness (QED) is 0.648. The highest BCUT2D eigenvalue weighted by molar-refractivity contribution is 5.79. The Morgan fingerprint density at radius 2 is 1.61 bits per heavy atom. The molecule has 0 aromatic heterocycles. The number of hydrogen-bond acceptors (Lipinski definition) is 4. The Balaban J connectivity index is 1.83. The molecule has 1 unspecified atom stereocenters. The van der Waals surface area contributed by atoms with Gasteiger partial charge in [-0.05, 0) is 42.3 Å². The predicted octanol–water partition coefficient (Wildman–Crippen LogP) is 1.47. The molecule has 0 spiro atoms. The van der Waals surface area contributed by atoms with Crippen LogP contribution in [0.4, 0.5) is 0 Å². The third-order valence-electron chi connectivity index (χ3n) is 5.01. The monoisotopic (exact) mass is 387 g/mol. The average Bonchev–Trinajstić information content (AvgIpc) is 2.75. The Morgan fingerprint density at radius 1 is 0.964 bits per heavy atom. The number of amides is 1. The molecule has 2 aromatic rings. The Labute approximate surface area is 167 Å². The fourth-order valence-electron chi connectivity index (χ4n) is 2.90. The van der Waals surface area contributed by atoms with Crippen LogP contribution in [0, 0.1) is 0 Å². The minimum atomic E-state index is -0.140. The van der Waals surface area contributed by atoms with Gasteiger partial charge in [0.25, 0.3) is 5.91 Å². The van der Waals surface area contributed by atoms with Gasteiger partial charge in [-0.1, -0.05) is 18.2 Å². The number of likely N-dealkylation sites (N-methyl/N-ethyl adjacent to an activating group) is 1. The van der Waals surface area contributed by atoms with Gasteiger partial charge in [-0.3, -0.25) is 4.79 Å². The van der Waals surface area contributed by atoms with Crippen LogP contribution in [-0.2, 0) is 17.8 Å². The van der Waals surface area contributed by atoms with E-state index in [1.54, 1.807) is 21.3 Å². The van der Waals surface area contributed by atoms with Gasteiger partial charge in [0.15, 0.2) is 17.5 Å². The predicted molar refractivity (Wildman–Crippen MR) is 109 cm³/mol. The number of ether oxygens (including phenoxy) is 3. The third kappa shape index (κ3) is 5.89. The van der Waals surface area contributed by atoms with Crippen molar-refractivity contribution >= 4 is 5.91 Å². The first-order valence-electron chi connectivity index (χ1n) is 9.42. The number of hydrogen-bond donors (Lipinski definition) is 2. The number of quaternary nitrogens is 1. The van der Waals surface area contributed by atoms with E-state index in [9.17, 15) is 4.79 Å². The van der Waals surface area contributed by atoms with Crippen LogP contribution in [0.15, 0.2) is 42.5 Å². The molecule has 0 radical (unpaired) electrons. The molecule has 0 aliphatic carbocycles. The molecule has 28 heavy (non-hydrogen) atoms. The smallest absolute Gasteiger partial charge is 0.278 e. The molecule has 0 heterocycles. The molecule has 1 amide bonds. The fourth-order valence-corrected chi connectivity index (χ4v) is 2.90. The van der Waals surface area contributed by atoms with Crippen LogP contribution < -0.4 is 24.4 Å². The largest absolute Gasteiger partial charge is 0.497 e. The summed E-state index contributed by atoms with van der Waals surface area (Å²) in [6, 6.07) is 13.5. The van der Waals surface area contributed by atoms with Crippen molar-refractivity contribution in [1.29, 1.82) is 0 Å². The first kappa shape index (κ1) is 21.6. The number of nitrogens with one attached hydrogen (secondary N) is 2. The van der Waals surface area contributed by atoms with Gasteiger partial charge in [0, 0.05) is 13.0 Å². The summed E-state index contributed by atoms with van der Waals surface area (Å²) in [5.74, 6) is 2.30. The topological polar surface area (TPSA) is 61.2 Å². The lowest BCUT2D eigenvalue weighted by Crippen LogP contribution is -3.14. The lowest BCUT2D eigenvalue weighted by atomic mass is 10.1. The lowest BCUT2D eigenvalue weighted by molar-refractivity contribution is -0.894. The van der Waals surface area contributed by atoms with Crippen LogP contribution in [0.1, 0.15) is 18.1 Å². The van der Waals surface area contributed by atoms with Crippen molar-refractivity contribution < 1.29 is 23.9 Å². The van der Waals surface area contributed by atoms with Gasteiger partial charge in [0.2, 0.25) is 0 Å². The Bertz CT molecular complexity index is 762. The summed E-state index contributed by atoms with van der Waals surface area (Å²) in [4.78, 5) is 13.6. The SMILES string of the molecule is COc1ccc(CNC(=O)[C@@H](C)[NH+](C)CCc2ccc(OC)c(OC)c2)cc1. The zero-order chi connectivity index (χ0) is 20.5. The first-order valence-corrected chi connectivity index (χ1v) is 9.42. The van der Waals surface area contributed by atoms with E-state index in [0.717, 1.165) is 46.2 Å². The average molecular weight is 388 g/mol. The number of benzene rings is 2. The molecule has 0 saturated heterocycles. The molecule has 2 aromatic carbocycles. The maximum Gasteiger partial charge on any atom is 0.278 e. The van der Waals surface area contributed by atoms with Gasteiger partial charge in [0.1, 0.15) is 5.75 Å². The number of carbonyl (C=O) groups excluding carboxylic acids is 1. The normalized spacial score (nSPS) is 12.8. The van der Waals surface area contributed by atoms with E-state index in [0.29, 0.717) is 6.54 Å². The van der Waals surface area contributed by atoms with Crippen molar-refractivity contribution in [2.45, 2.75) is 25.9 Å². The number of carbonyl (C=O) groups is 1. The highest BCUT2D eigenvalue weighted by Gasteiger charge is 2.21. The fraction of sp³-hybridized carbons (Fsp3) is 0.409. The molecule has 0 aliphatic heterocycles. The van der Waals surface area contributed by atoms with E-state index in [2.05, 4.69) is 5.32 Å². The molecule has 152 valence electrons. The summed E-state index contributed by atoms with van der Waals surface area (Å²) in [5.41, 5.74) is 2.20. The summed E-state index contributed by atoms with van der Waals surface area (Å²) >= 11 is 0. The number of methoxy groups -OCH3 is 3. The van der Waals surface area contributed by atoms with Gasteiger partial charge < -0.3 is 24.4 Å². The first-order chi connectivity index (χ1) is 13.5. The second kappa shape index (κ2) is 10.6. The molecule has 6 nitrogen and oxygen atoms in total. The van der Waals surface area contributed by atoms with Crippen molar-refractivity contribution in [2.75, 3.05) is 34.9 Å². The van der Waals surface area contributed by atoms with E-state index < -0.39 is 0 Å². The Kier molecular flexibility index (Phi) is 8.14. The van der Waals surface area contributed by atoms with Crippen molar-refractivity contribution in [2.24, 2.45) is 0 Å². The highest BCUT2D eigenvalue weighted by atomic mass is 16.5. The maximum absolute atomic E-state index is 12.5. The molecule has 0 aliphatic rings. The van der Waals surface area contributed by atoms with E-state index in [4.69, 9.17) is 14.2 Å². The van der Waals surface area contributed by atoms with Gasteiger partial charge in [0.05, 0.1) is 34.9 Å². The van der Waals surface area contributed by atoms with Gasteiger partial charge in [-0.2, -0.15) is 0 Å². The summed E-state index contributed by atoms with van der Waals surface area (Å²) in [6.45, 7) is 3.30. The molecule has 6 heteroatoms. The molecule has 2 N–H and O–H groups in total. The summed E-state index contributed by atoms with van der Waals surface area (Å²) in [7, 11) is 6.94. The van der Waals surface area contributed by atoms with Gasteiger partial charge >= 0.3 is 0 Å². The van der Waals surface area contributed by atoms with E-state index in [1.165, 1.54) is 0 Å². The Hall–Kier alpha value is -2.73. The lowest BCUT2D eigenvalue weighted by Gasteiger charge is -2.21. The zero-order valence-electron chi connectivity index (χ0n) is 17.4. The maximum atomic E-state index is 12.5. The minimum absolute atomic E-state index is 0.0422. The van der Waals surface area contributed by atoms with Crippen LogP contribution >= 0.6 is 0 Å². The molecule has 2 atom stereocenters. The highest BCUT2D eigenvalue weighted by Crippen LogP contribution is 2.27. The van der Waals surface area contributed by atoms with Crippen molar-refractivity contribution in [3.8, 4) is 17.2 Å². The van der Waals surface area contributed by atoms with Crippen LogP contribution in [0.5, 0.6) is 17.2 Å². The Morgan fingerprint density at radius 3 is 2.21 bits per heavy atom.